The predicted molar refractivity (Wildman–Crippen MR) is 119 cm³/mol. The van der Waals surface area contributed by atoms with Crippen LogP contribution in [0.15, 0.2) is 94.6 Å². The van der Waals surface area contributed by atoms with Gasteiger partial charge < -0.3 is 5.32 Å². The van der Waals surface area contributed by atoms with Gasteiger partial charge in [0.25, 0.3) is 0 Å². The van der Waals surface area contributed by atoms with Crippen molar-refractivity contribution in [2.45, 2.75) is 17.5 Å². The lowest BCUT2D eigenvalue weighted by Crippen LogP contribution is -2.08. The Hall–Kier alpha value is -2.57. The molecule has 0 aliphatic heterocycles. The van der Waals surface area contributed by atoms with E-state index in [4.69, 9.17) is 0 Å². The first-order valence-corrected chi connectivity index (χ1v) is 10.7. The minimum Gasteiger partial charge on any atom is -0.378 e. The van der Waals surface area contributed by atoms with Crippen LogP contribution in [0.3, 0.4) is 0 Å². The smallest absolute Gasteiger partial charge is 0.196 e. The van der Waals surface area contributed by atoms with Crippen LogP contribution in [0.1, 0.15) is 11.4 Å². The van der Waals surface area contributed by atoms with Gasteiger partial charge in [-0.05, 0) is 42.0 Å². The van der Waals surface area contributed by atoms with Gasteiger partial charge in [0, 0.05) is 21.6 Å². The van der Waals surface area contributed by atoms with Crippen molar-refractivity contribution in [1.82, 2.24) is 14.8 Å². The van der Waals surface area contributed by atoms with Gasteiger partial charge in [0.1, 0.15) is 0 Å². The van der Waals surface area contributed by atoms with Gasteiger partial charge >= 0.3 is 0 Å². The zero-order chi connectivity index (χ0) is 19.2. The third-order valence-corrected chi connectivity index (χ3v) is 5.75. The lowest BCUT2D eigenvalue weighted by atomic mass is 10.2. The van der Waals surface area contributed by atoms with Crippen molar-refractivity contribution in [2.24, 2.45) is 0 Å². The lowest BCUT2D eigenvalue weighted by molar-refractivity contribution is 0.841. The highest BCUT2D eigenvalue weighted by Gasteiger charge is 2.14. The number of benzene rings is 3. The Bertz CT molecular complexity index is 1020. The molecular formula is C22H19BrN4S. The maximum absolute atomic E-state index is 4.46. The maximum Gasteiger partial charge on any atom is 0.196 e. The minimum atomic E-state index is 0.602. The topological polar surface area (TPSA) is 42.7 Å². The van der Waals surface area contributed by atoms with E-state index in [2.05, 4.69) is 72.4 Å². The number of nitrogens with one attached hydrogen (secondary N) is 1. The van der Waals surface area contributed by atoms with Crippen LogP contribution in [-0.4, -0.2) is 14.8 Å². The fourth-order valence-corrected chi connectivity index (χ4v) is 4.00. The van der Waals surface area contributed by atoms with E-state index in [1.165, 1.54) is 5.56 Å². The first-order chi connectivity index (χ1) is 13.8. The molecule has 0 aliphatic carbocycles. The van der Waals surface area contributed by atoms with Gasteiger partial charge in [-0.1, -0.05) is 76.2 Å². The standard InChI is InChI=1S/C22H19BrN4S/c23-18-13-11-17(12-14-18)16-28-22-26-25-21(15-24-19-7-3-1-4-8-19)27(22)20-9-5-2-6-10-20/h1-14,24H,15-16H2. The second-order valence-corrected chi connectivity index (χ2v) is 8.06. The van der Waals surface area contributed by atoms with E-state index < -0.39 is 0 Å². The summed E-state index contributed by atoms with van der Waals surface area (Å²) < 4.78 is 3.21. The van der Waals surface area contributed by atoms with E-state index in [1.807, 2.05) is 48.5 Å². The molecule has 4 nitrogen and oxygen atoms in total. The van der Waals surface area contributed by atoms with Crippen LogP contribution in [0, 0.1) is 0 Å². The van der Waals surface area contributed by atoms with Gasteiger partial charge in [-0.15, -0.1) is 10.2 Å². The number of para-hydroxylation sites is 2. The number of thioether (sulfide) groups is 1. The quantitative estimate of drug-likeness (QED) is 0.354. The summed E-state index contributed by atoms with van der Waals surface area (Å²) in [5.41, 5.74) is 3.38. The Morgan fingerprint density at radius 2 is 1.50 bits per heavy atom. The highest BCUT2D eigenvalue weighted by molar-refractivity contribution is 9.10. The lowest BCUT2D eigenvalue weighted by Gasteiger charge is -2.11. The molecule has 0 spiro atoms. The summed E-state index contributed by atoms with van der Waals surface area (Å²) in [5.74, 6) is 1.72. The summed E-state index contributed by atoms with van der Waals surface area (Å²) in [7, 11) is 0. The summed E-state index contributed by atoms with van der Waals surface area (Å²) in [5, 5.41) is 13.2. The van der Waals surface area contributed by atoms with Gasteiger partial charge in [-0.3, -0.25) is 4.57 Å². The molecule has 0 saturated heterocycles. The van der Waals surface area contributed by atoms with Crippen LogP contribution in [-0.2, 0) is 12.3 Å². The molecule has 0 radical (unpaired) electrons. The molecule has 0 unspecified atom stereocenters. The number of anilines is 1. The first kappa shape index (κ1) is 18.8. The van der Waals surface area contributed by atoms with Crippen LogP contribution < -0.4 is 5.32 Å². The summed E-state index contributed by atoms with van der Waals surface area (Å²) in [6.45, 7) is 0.602. The van der Waals surface area contributed by atoms with Crippen LogP contribution >= 0.6 is 27.7 Å². The number of nitrogens with zero attached hydrogens (tertiary/aromatic N) is 3. The van der Waals surface area contributed by atoms with Crippen molar-refractivity contribution < 1.29 is 0 Å². The van der Waals surface area contributed by atoms with Gasteiger partial charge in [-0.2, -0.15) is 0 Å². The van der Waals surface area contributed by atoms with Crippen molar-refractivity contribution >= 4 is 33.4 Å². The molecule has 140 valence electrons. The average molecular weight is 451 g/mol. The third kappa shape index (κ3) is 4.64. The Morgan fingerprint density at radius 3 is 2.21 bits per heavy atom. The summed E-state index contributed by atoms with van der Waals surface area (Å²) in [4.78, 5) is 0. The van der Waals surface area contributed by atoms with E-state index in [9.17, 15) is 0 Å². The number of halogens is 1. The van der Waals surface area contributed by atoms with E-state index in [1.54, 1.807) is 11.8 Å². The number of rotatable bonds is 7. The molecule has 6 heteroatoms. The summed E-state index contributed by atoms with van der Waals surface area (Å²) in [6, 6.07) is 28.8. The minimum absolute atomic E-state index is 0.602. The Morgan fingerprint density at radius 1 is 0.821 bits per heavy atom. The molecule has 4 aromatic rings. The van der Waals surface area contributed by atoms with Crippen LogP contribution in [0.4, 0.5) is 5.69 Å². The van der Waals surface area contributed by atoms with Gasteiger partial charge in [0.2, 0.25) is 0 Å². The number of aromatic nitrogens is 3. The normalized spacial score (nSPS) is 10.8. The molecule has 1 N–H and O–H groups in total. The molecule has 1 heterocycles. The number of hydrogen-bond donors (Lipinski definition) is 1. The van der Waals surface area contributed by atoms with Gasteiger partial charge in [0.15, 0.2) is 11.0 Å². The summed E-state index contributed by atoms with van der Waals surface area (Å²) in [6.07, 6.45) is 0. The second-order valence-electron chi connectivity index (χ2n) is 6.20. The van der Waals surface area contributed by atoms with Crippen molar-refractivity contribution in [1.29, 1.82) is 0 Å². The zero-order valence-corrected chi connectivity index (χ0v) is 17.5. The highest BCUT2D eigenvalue weighted by atomic mass is 79.9. The molecule has 0 fully saturated rings. The van der Waals surface area contributed by atoms with Crippen molar-refractivity contribution in [3.8, 4) is 5.69 Å². The molecule has 4 rings (SSSR count). The van der Waals surface area contributed by atoms with Crippen molar-refractivity contribution in [2.75, 3.05) is 5.32 Å². The van der Waals surface area contributed by atoms with Crippen molar-refractivity contribution in [3.63, 3.8) is 0 Å². The second kappa shape index (κ2) is 9.08. The fraction of sp³-hybridized carbons (Fsp3) is 0.0909. The van der Waals surface area contributed by atoms with E-state index in [-0.39, 0.29) is 0 Å². The SMILES string of the molecule is Brc1ccc(CSc2nnc(CNc3ccccc3)n2-c2ccccc2)cc1. The largest absolute Gasteiger partial charge is 0.378 e. The average Bonchev–Trinajstić information content (AvgIpc) is 3.16. The molecular weight excluding hydrogens is 432 g/mol. The molecule has 0 atom stereocenters. The van der Waals surface area contributed by atoms with Gasteiger partial charge in [-0.25, -0.2) is 0 Å². The zero-order valence-electron chi connectivity index (χ0n) is 15.1. The van der Waals surface area contributed by atoms with Crippen molar-refractivity contribution in [3.05, 3.63) is 101 Å². The summed E-state index contributed by atoms with van der Waals surface area (Å²) >= 11 is 5.17. The molecule has 0 amide bonds. The van der Waals surface area contributed by atoms with E-state index in [0.29, 0.717) is 6.54 Å². The Labute approximate surface area is 177 Å². The predicted octanol–water partition coefficient (Wildman–Crippen LogP) is 5.93. The van der Waals surface area contributed by atoms with Crippen LogP contribution in [0.5, 0.6) is 0 Å². The molecule has 0 aliphatic rings. The highest BCUT2D eigenvalue weighted by Crippen LogP contribution is 2.26. The maximum atomic E-state index is 4.46. The van der Waals surface area contributed by atoms with E-state index in [0.717, 1.165) is 32.6 Å². The monoisotopic (exact) mass is 450 g/mol. The molecule has 0 bridgehead atoms. The molecule has 1 aromatic heterocycles. The molecule has 3 aromatic carbocycles. The fourth-order valence-electron chi connectivity index (χ4n) is 2.81. The third-order valence-electron chi connectivity index (χ3n) is 4.22. The van der Waals surface area contributed by atoms with Crippen LogP contribution in [0.25, 0.3) is 5.69 Å². The van der Waals surface area contributed by atoms with E-state index >= 15 is 0 Å². The number of hydrogen-bond acceptors (Lipinski definition) is 4. The Balaban J connectivity index is 1.57. The van der Waals surface area contributed by atoms with Gasteiger partial charge in [0.05, 0.1) is 6.54 Å². The molecule has 0 saturated carbocycles. The first-order valence-electron chi connectivity index (χ1n) is 8.95. The van der Waals surface area contributed by atoms with Crippen LogP contribution in [0.2, 0.25) is 0 Å². The Kier molecular flexibility index (Phi) is 6.09. The molecule has 28 heavy (non-hydrogen) atoms.